The van der Waals surface area contributed by atoms with Gasteiger partial charge in [-0.25, -0.2) is 0 Å². The highest BCUT2D eigenvalue weighted by Gasteiger charge is 2.10. The maximum Gasteiger partial charge on any atom is 0.256 e. The molecule has 0 bridgehead atoms. The molecule has 5 heteroatoms. The first-order valence-corrected chi connectivity index (χ1v) is 7.07. The fraction of sp³-hybridized carbons (Fsp3) is 0.125. The average molecular weight is 345 g/mol. The maximum absolute atomic E-state index is 12.2. The van der Waals surface area contributed by atoms with Crippen LogP contribution in [0.1, 0.15) is 15.9 Å². The van der Waals surface area contributed by atoms with Crippen molar-refractivity contribution in [2.45, 2.75) is 6.92 Å². The first-order chi connectivity index (χ1) is 10.1. The lowest BCUT2D eigenvalue weighted by Gasteiger charge is -2.08. The van der Waals surface area contributed by atoms with Crippen molar-refractivity contribution < 1.29 is 9.53 Å². The van der Waals surface area contributed by atoms with Crippen LogP contribution in [0.15, 0.2) is 46.9 Å². The van der Waals surface area contributed by atoms with E-state index < -0.39 is 0 Å². The predicted molar refractivity (Wildman–Crippen MR) is 84.4 cm³/mol. The second kappa shape index (κ2) is 6.91. The van der Waals surface area contributed by atoms with E-state index in [1.54, 1.807) is 30.3 Å². The Morgan fingerprint density at radius 3 is 2.62 bits per heavy atom. The maximum atomic E-state index is 12.2. The van der Waals surface area contributed by atoms with Gasteiger partial charge in [0, 0.05) is 10.2 Å². The molecule has 0 spiro atoms. The van der Waals surface area contributed by atoms with E-state index in [1.807, 2.05) is 25.1 Å². The van der Waals surface area contributed by atoms with Gasteiger partial charge < -0.3 is 10.1 Å². The number of aryl methyl sites for hydroxylation is 1. The van der Waals surface area contributed by atoms with E-state index in [0.717, 1.165) is 10.0 Å². The van der Waals surface area contributed by atoms with Crippen molar-refractivity contribution in [1.29, 1.82) is 5.26 Å². The number of nitrogens with one attached hydrogen (secondary N) is 1. The largest absolute Gasteiger partial charge is 0.479 e. The Hall–Kier alpha value is -2.32. The number of benzene rings is 2. The molecule has 0 aliphatic carbocycles. The number of nitriles is 1. The molecule has 0 heterocycles. The number of anilines is 1. The number of halogens is 1. The van der Waals surface area contributed by atoms with Crippen molar-refractivity contribution in [2.75, 3.05) is 11.9 Å². The van der Waals surface area contributed by atoms with Crippen LogP contribution in [-0.2, 0) is 0 Å². The van der Waals surface area contributed by atoms with Gasteiger partial charge in [-0.3, -0.25) is 4.79 Å². The molecule has 21 heavy (non-hydrogen) atoms. The summed E-state index contributed by atoms with van der Waals surface area (Å²) in [5, 5.41) is 11.2. The van der Waals surface area contributed by atoms with Crippen LogP contribution in [-0.4, -0.2) is 12.5 Å². The summed E-state index contributed by atoms with van der Waals surface area (Å²) in [5.74, 6) is 0.402. The van der Waals surface area contributed by atoms with Gasteiger partial charge in [0.2, 0.25) is 0 Å². The fourth-order valence-corrected chi connectivity index (χ4v) is 2.43. The van der Waals surface area contributed by atoms with E-state index in [2.05, 4.69) is 21.2 Å². The Morgan fingerprint density at radius 2 is 2.00 bits per heavy atom. The van der Waals surface area contributed by atoms with Crippen LogP contribution in [0.25, 0.3) is 0 Å². The number of nitrogens with zero attached hydrogens (tertiary/aromatic N) is 1. The standard InChI is InChI=1S/C16H13BrN2O2/c1-11-2-7-14(15(17)10-11)16(20)19-12-3-5-13(6-4-12)21-9-8-18/h2-7,10H,9H2,1H3,(H,19,20). The summed E-state index contributed by atoms with van der Waals surface area (Å²) >= 11 is 3.39. The summed E-state index contributed by atoms with van der Waals surface area (Å²) < 4.78 is 5.91. The van der Waals surface area contributed by atoms with Gasteiger partial charge in [-0.2, -0.15) is 5.26 Å². The number of hydrogen-bond donors (Lipinski definition) is 1. The molecule has 106 valence electrons. The molecule has 0 saturated carbocycles. The highest BCUT2D eigenvalue weighted by atomic mass is 79.9. The van der Waals surface area contributed by atoms with Gasteiger partial charge in [0.1, 0.15) is 11.8 Å². The number of carbonyl (C=O) groups excluding carboxylic acids is 1. The van der Waals surface area contributed by atoms with E-state index in [0.29, 0.717) is 17.0 Å². The molecule has 0 aromatic heterocycles. The summed E-state index contributed by atoms with van der Waals surface area (Å²) in [6.07, 6.45) is 0. The SMILES string of the molecule is Cc1ccc(C(=O)Nc2ccc(OCC#N)cc2)c(Br)c1. The van der Waals surface area contributed by atoms with E-state index in [-0.39, 0.29) is 12.5 Å². The number of rotatable bonds is 4. The van der Waals surface area contributed by atoms with Crippen molar-refractivity contribution >= 4 is 27.5 Å². The molecule has 0 aliphatic rings. The Morgan fingerprint density at radius 1 is 1.29 bits per heavy atom. The minimum absolute atomic E-state index is 0.00200. The zero-order chi connectivity index (χ0) is 15.2. The van der Waals surface area contributed by atoms with Crippen LogP contribution in [0, 0.1) is 18.3 Å². The van der Waals surface area contributed by atoms with Crippen LogP contribution in [0.3, 0.4) is 0 Å². The minimum atomic E-state index is -0.187. The Labute approximate surface area is 131 Å². The molecule has 0 fully saturated rings. The molecule has 0 saturated heterocycles. The van der Waals surface area contributed by atoms with E-state index in [4.69, 9.17) is 10.00 Å². The lowest BCUT2D eigenvalue weighted by atomic mass is 10.1. The van der Waals surface area contributed by atoms with Gasteiger partial charge in [0.05, 0.1) is 5.56 Å². The van der Waals surface area contributed by atoms with E-state index >= 15 is 0 Å². The molecule has 2 aromatic carbocycles. The summed E-state index contributed by atoms with van der Waals surface area (Å²) in [6.45, 7) is 1.97. The van der Waals surface area contributed by atoms with Crippen molar-refractivity contribution in [3.63, 3.8) is 0 Å². The first kappa shape index (κ1) is 15.1. The Bertz CT molecular complexity index is 690. The van der Waals surface area contributed by atoms with Gasteiger partial charge in [0.15, 0.2) is 6.61 Å². The highest BCUT2D eigenvalue weighted by Crippen LogP contribution is 2.21. The molecule has 0 atom stereocenters. The molecule has 0 radical (unpaired) electrons. The zero-order valence-electron chi connectivity index (χ0n) is 11.4. The molecule has 0 unspecified atom stereocenters. The molecule has 2 rings (SSSR count). The number of ether oxygens (including phenoxy) is 1. The summed E-state index contributed by atoms with van der Waals surface area (Å²) in [5.41, 5.74) is 2.32. The smallest absolute Gasteiger partial charge is 0.256 e. The molecular weight excluding hydrogens is 332 g/mol. The second-order valence-electron chi connectivity index (χ2n) is 4.41. The van der Waals surface area contributed by atoms with Crippen LogP contribution < -0.4 is 10.1 Å². The molecular formula is C16H13BrN2O2. The third-order valence-electron chi connectivity index (χ3n) is 2.78. The van der Waals surface area contributed by atoms with Gasteiger partial charge in [-0.1, -0.05) is 6.07 Å². The molecule has 2 aromatic rings. The van der Waals surface area contributed by atoms with Crippen molar-refractivity contribution in [2.24, 2.45) is 0 Å². The third-order valence-corrected chi connectivity index (χ3v) is 3.44. The number of hydrogen-bond acceptors (Lipinski definition) is 3. The second-order valence-corrected chi connectivity index (χ2v) is 5.26. The Kier molecular flexibility index (Phi) is 4.96. The molecule has 4 nitrogen and oxygen atoms in total. The van der Waals surface area contributed by atoms with Gasteiger partial charge in [0.25, 0.3) is 5.91 Å². The third kappa shape index (κ3) is 4.07. The predicted octanol–water partition coefficient (Wildman–Crippen LogP) is 3.91. The summed E-state index contributed by atoms with van der Waals surface area (Å²) in [4.78, 5) is 12.2. The topological polar surface area (TPSA) is 62.1 Å². The van der Waals surface area contributed by atoms with Crippen molar-refractivity contribution in [3.05, 3.63) is 58.1 Å². The monoisotopic (exact) mass is 344 g/mol. The fourth-order valence-electron chi connectivity index (χ4n) is 1.75. The minimum Gasteiger partial charge on any atom is -0.479 e. The van der Waals surface area contributed by atoms with Gasteiger partial charge >= 0.3 is 0 Å². The van der Waals surface area contributed by atoms with Gasteiger partial charge in [-0.15, -0.1) is 0 Å². The van der Waals surface area contributed by atoms with Crippen LogP contribution >= 0.6 is 15.9 Å². The van der Waals surface area contributed by atoms with Crippen LogP contribution in [0.4, 0.5) is 5.69 Å². The molecule has 1 amide bonds. The van der Waals surface area contributed by atoms with Crippen molar-refractivity contribution in [1.82, 2.24) is 0 Å². The lowest BCUT2D eigenvalue weighted by molar-refractivity contribution is 0.102. The number of amides is 1. The average Bonchev–Trinajstić information content (AvgIpc) is 2.46. The van der Waals surface area contributed by atoms with Crippen LogP contribution in [0.5, 0.6) is 5.75 Å². The highest BCUT2D eigenvalue weighted by molar-refractivity contribution is 9.10. The van der Waals surface area contributed by atoms with Crippen LogP contribution in [0.2, 0.25) is 0 Å². The zero-order valence-corrected chi connectivity index (χ0v) is 13.0. The summed E-state index contributed by atoms with van der Waals surface area (Å²) in [7, 11) is 0. The van der Waals surface area contributed by atoms with Crippen molar-refractivity contribution in [3.8, 4) is 11.8 Å². The first-order valence-electron chi connectivity index (χ1n) is 6.27. The molecule has 1 N–H and O–H groups in total. The molecule has 0 aliphatic heterocycles. The summed E-state index contributed by atoms with van der Waals surface area (Å²) in [6, 6.07) is 14.3. The quantitative estimate of drug-likeness (QED) is 0.914. The van der Waals surface area contributed by atoms with E-state index in [1.165, 1.54) is 0 Å². The lowest BCUT2D eigenvalue weighted by Crippen LogP contribution is -2.12. The van der Waals surface area contributed by atoms with Gasteiger partial charge in [-0.05, 0) is 64.8 Å². The Balaban J connectivity index is 2.07. The number of carbonyl (C=O) groups is 1. The van der Waals surface area contributed by atoms with E-state index in [9.17, 15) is 4.79 Å². The normalized spacial score (nSPS) is 9.76.